The predicted octanol–water partition coefficient (Wildman–Crippen LogP) is 1.74. The Labute approximate surface area is 145 Å². The van der Waals surface area contributed by atoms with Gasteiger partial charge in [-0.05, 0) is 29.7 Å². The Balaban J connectivity index is 0.00000208. The first kappa shape index (κ1) is 17.6. The second-order valence-corrected chi connectivity index (χ2v) is 5.41. The van der Waals surface area contributed by atoms with Crippen molar-refractivity contribution < 1.29 is 14.3 Å². The van der Waals surface area contributed by atoms with Gasteiger partial charge in [0.15, 0.2) is 11.5 Å². The van der Waals surface area contributed by atoms with Crippen LogP contribution in [0.15, 0.2) is 48.5 Å². The minimum Gasteiger partial charge on any atom is -0.454 e. The smallest absolute Gasteiger partial charge is 0.236 e. The third kappa shape index (κ3) is 2.88. The number of carbonyl (C=O) groups is 1. The van der Waals surface area contributed by atoms with Crippen LogP contribution in [-0.2, 0) is 16.6 Å². The average molecular weight is 348 g/mol. The van der Waals surface area contributed by atoms with Gasteiger partial charge in [-0.25, -0.2) is 0 Å². The molecule has 0 saturated heterocycles. The van der Waals surface area contributed by atoms with E-state index in [1.807, 2.05) is 12.1 Å². The third-order valence-corrected chi connectivity index (χ3v) is 4.05. The molecule has 1 unspecified atom stereocenters. The van der Waals surface area contributed by atoms with Gasteiger partial charge in [0.25, 0.3) is 0 Å². The van der Waals surface area contributed by atoms with Gasteiger partial charge in [-0.3, -0.25) is 10.2 Å². The van der Waals surface area contributed by atoms with E-state index in [4.69, 9.17) is 26.4 Å². The van der Waals surface area contributed by atoms with Crippen molar-refractivity contribution in [1.29, 1.82) is 5.41 Å². The van der Waals surface area contributed by atoms with Gasteiger partial charge < -0.3 is 20.9 Å². The van der Waals surface area contributed by atoms with Gasteiger partial charge in [0.1, 0.15) is 11.3 Å². The van der Waals surface area contributed by atoms with Crippen molar-refractivity contribution in [3.05, 3.63) is 59.7 Å². The Kier molecular flexibility index (Phi) is 4.99. The topological polar surface area (TPSA) is 111 Å². The van der Waals surface area contributed by atoms with Crippen LogP contribution in [0.25, 0.3) is 0 Å². The molecule has 2 aromatic rings. The molecule has 0 aliphatic carbocycles. The summed E-state index contributed by atoms with van der Waals surface area (Å²) in [5, 5.41) is 7.99. The molecule has 1 atom stereocenters. The number of benzene rings is 2. The highest BCUT2D eigenvalue weighted by Gasteiger charge is 2.42. The molecular weight excluding hydrogens is 330 g/mol. The van der Waals surface area contributed by atoms with E-state index in [0.29, 0.717) is 17.1 Å². The first-order chi connectivity index (χ1) is 11.0. The Hall–Kier alpha value is -2.73. The van der Waals surface area contributed by atoms with Crippen LogP contribution in [0.3, 0.4) is 0 Å². The summed E-state index contributed by atoms with van der Waals surface area (Å²) in [5.74, 6) is 0.321. The molecule has 0 bridgehead atoms. The lowest BCUT2D eigenvalue weighted by atomic mass is 9.74. The molecule has 1 aliphatic rings. The molecule has 1 heterocycles. The summed E-state index contributed by atoms with van der Waals surface area (Å²) >= 11 is 0. The summed E-state index contributed by atoms with van der Waals surface area (Å²) < 4.78 is 10.6. The number of rotatable bonds is 5. The third-order valence-electron chi connectivity index (χ3n) is 4.05. The minimum atomic E-state index is -1.39. The van der Waals surface area contributed by atoms with Crippen molar-refractivity contribution in [3.8, 4) is 11.5 Å². The van der Waals surface area contributed by atoms with Crippen LogP contribution < -0.4 is 20.9 Å². The molecule has 7 heteroatoms. The largest absolute Gasteiger partial charge is 0.454 e. The molecule has 1 amide bonds. The fourth-order valence-electron chi connectivity index (χ4n) is 2.79. The van der Waals surface area contributed by atoms with Gasteiger partial charge in [-0.1, -0.05) is 36.4 Å². The van der Waals surface area contributed by atoms with Crippen molar-refractivity contribution in [2.24, 2.45) is 11.5 Å². The average Bonchev–Trinajstić information content (AvgIpc) is 3.00. The maximum Gasteiger partial charge on any atom is 0.236 e. The normalized spacial score (nSPS) is 14.3. The van der Waals surface area contributed by atoms with Gasteiger partial charge in [-0.2, -0.15) is 0 Å². The lowest BCUT2D eigenvalue weighted by Gasteiger charge is -2.30. The predicted molar refractivity (Wildman–Crippen MR) is 92.7 cm³/mol. The fraction of sp³-hybridized carbons (Fsp3) is 0.176. The van der Waals surface area contributed by atoms with Gasteiger partial charge >= 0.3 is 0 Å². The summed E-state index contributed by atoms with van der Waals surface area (Å²) in [6.07, 6.45) is 0.179. The number of ether oxygens (including phenoxy) is 2. The highest BCUT2D eigenvalue weighted by molar-refractivity contribution is 6.11. The van der Waals surface area contributed by atoms with Crippen LogP contribution >= 0.6 is 12.4 Å². The second-order valence-electron chi connectivity index (χ2n) is 5.41. The monoisotopic (exact) mass is 347 g/mol. The SMILES string of the molecule is Cl.N=C(N)C(Cc1ccc2c(c1)OCO2)(C(N)=O)c1ccccc1. The summed E-state index contributed by atoms with van der Waals surface area (Å²) in [6.45, 7) is 0.172. The molecule has 3 rings (SSSR count). The Morgan fingerprint density at radius 2 is 1.75 bits per heavy atom. The number of primary amides is 1. The van der Waals surface area contributed by atoms with Crippen molar-refractivity contribution >= 4 is 24.1 Å². The highest BCUT2D eigenvalue weighted by Crippen LogP contribution is 2.35. The number of carbonyl (C=O) groups excluding carboxylic acids is 1. The van der Waals surface area contributed by atoms with Crippen LogP contribution in [0.5, 0.6) is 11.5 Å². The van der Waals surface area contributed by atoms with Crippen LogP contribution in [0, 0.1) is 5.41 Å². The number of fused-ring (bicyclic) bond motifs is 1. The van der Waals surface area contributed by atoms with E-state index in [0.717, 1.165) is 5.56 Å². The van der Waals surface area contributed by atoms with E-state index < -0.39 is 11.3 Å². The van der Waals surface area contributed by atoms with Crippen molar-refractivity contribution in [3.63, 3.8) is 0 Å². The van der Waals surface area contributed by atoms with E-state index in [1.54, 1.807) is 36.4 Å². The summed E-state index contributed by atoms with van der Waals surface area (Å²) in [6, 6.07) is 14.3. The van der Waals surface area contributed by atoms with E-state index >= 15 is 0 Å². The zero-order valence-electron chi connectivity index (χ0n) is 12.8. The van der Waals surface area contributed by atoms with Crippen LogP contribution in [0.4, 0.5) is 0 Å². The Morgan fingerprint density at radius 1 is 1.08 bits per heavy atom. The minimum absolute atomic E-state index is 0. The molecule has 6 nitrogen and oxygen atoms in total. The standard InChI is InChI=1S/C17H17N3O3.ClH/c18-15(19)17(16(20)21,12-4-2-1-3-5-12)9-11-6-7-13-14(8-11)23-10-22-13;/h1-8H,9-10H2,(H3,18,19)(H2,20,21);1H. The Bertz CT molecular complexity index is 751. The van der Waals surface area contributed by atoms with Crippen LogP contribution in [-0.4, -0.2) is 18.5 Å². The molecule has 126 valence electrons. The molecule has 0 aromatic heterocycles. The number of nitrogens with two attached hydrogens (primary N) is 2. The molecule has 1 aliphatic heterocycles. The van der Waals surface area contributed by atoms with Crippen molar-refractivity contribution in [2.45, 2.75) is 11.8 Å². The lowest BCUT2D eigenvalue weighted by molar-refractivity contribution is -0.121. The van der Waals surface area contributed by atoms with Crippen molar-refractivity contribution in [1.82, 2.24) is 0 Å². The maximum atomic E-state index is 12.2. The highest BCUT2D eigenvalue weighted by atomic mass is 35.5. The molecule has 24 heavy (non-hydrogen) atoms. The van der Waals surface area contributed by atoms with Crippen LogP contribution in [0.2, 0.25) is 0 Å². The number of amides is 1. The molecule has 5 N–H and O–H groups in total. The molecular formula is C17H18ClN3O3. The van der Waals surface area contributed by atoms with E-state index in [9.17, 15) is 4.79 Å². The summed E-state index contributed by atoms with van der Waals surface area (Å²) in [7, 11) is 0. The molecule has 0 spiro atoms. The molecule has 0 fully saturated rings. The molecule has 2 aromatic carbocycles. The second kappa shape index (κ2) is 6.80. The molecule has 0 saturated carbocycles. The van der Waals surface area contributed by atoms with Crippen LogP contribution in [0.1, 0.15) is 11.1 Å². The maximum absolute atomic E-state index is 12.2. The van der Waals surface area contributed by atoms with Gasteiger partial charge in [-0.15, -0.1) is 12.4 Å². The van der Waals surface area contributed by atoms with Crippen molar-refractivity contribution in [2.75, 3.05) is 6.79 Å². The molecule has 0 radical (unpaired) electrons. The zero-order valence-corrected chi connectivity index (χ0v) is 13.6. The number of hydrogen-bond donors (Lipinski definition) is 3. The number of hydrogen-bond acceptors (Lipinski definition) is 4. The number of nitrogens with one attached hydrogen (secondary N) is 1. The van der Waals surface area contributed by atoms with E-state index in [-0.39, 0.29) is 31.5 Å². The van der Waals surface area contributed by atoms with E-state index in [2.05, 4.69) is 0 Å². The lowest BCUT2D eigenvalue weighted by Crippen LogP contribution is -2.52. The summed E-state index contributed by atoms with van der Waals surface area (Å²) in [4.78, 5) is 12.2. The fourth-order valence-corrected chi connectivity index (χ4v) is 2.79. The van der Waals surface area contributed by atoms with Gasteiger partial charge in [0.2, 0.25) is 12.7 Å². The first-order valence-electron chi connectivity index (χ1n) is 7.12. The van der Waals surface area contributed by atoms with Gasteiger partial charge in [0, 0.05) is 0 Å². The Morgan fingerprint density at radius 3 is 2.38 bits per heavy atom. The van der Waals surface area contributed by atoms with Gasteiger partial charge in [0.05, 0.1) is 0 Å². The zero-order chi connectivity index (χ0) is 16.4. The first-order valence-corrected chi connectivity index (χ1v) is 7.12. The van der Waals surface area contributed by atoms with E-state index in [1.165, 1.54) is 0 Å². The number of halogens is 1. The quantitative estimate of drug-likeness (QED) is 0.565. The summed E-state index contributed by atoms with van der Waals surface area (Å²) in [5.41, 5.74) is 11.4. The number of amidine groups is 1.